The number of aliphatic hydroxyl groups excluding tert-OH is 1. The molecule has 4 aromatic rings. The second kappa shape index (κ2) is 9.73. The third-order valence-electron chi connectivity index (χ3n) is 5.93. The highest BCUT2D eigenvalue weighted by atomic mass is 16.5. The van der Waals surface area contributed by atoms with E-state index < -0.39 is 23.5 Å². The van der Waals surface area contributed by atoms with E-state index in [0.717, 1.165) is 5.56 Å². The zero-order valence-electron chi connectivity index (χ0n) is 18.8. The average molecular weight is 466 g/mol. The first-order chi connectivity index (χ1) is 17.1. The summed E-state index contributed by atoms with van der Waals surface area (Å²) in [5.74, 6) is -0.388. The number of ether oxygens (including phenoxy) is 1. The molecule has 1 aliphatic heterocycles. The van der Waals surface area contributed by atoms with Crippen LogP contribution in [0.25, 0.3) is 0 Å². The number of benzene rings is 3. The molecule has 1 unspecified atom stereocenters. The zero-order valence-corrected chi connectivity index (χ0v) is 18.8. The van der Waals surface area contributed by atoms with Crippen molar-refractivity contribution in [3.8, 4) is 11.5 Å². The van der Waals surface area contributed by atoms with Crippen LogP contribution in [-0.4, -0.2) is 28.2 Å². The molecule has 1 N–H and O–H groups in total. The molecule has 1 atom stereocenters. The molecule has 0 saturated carbocycles. The number of Topliss-reactive ketones (excluding diaryl/α,β-unsaturated/α-hetero) is 1. The Balaban J connectivity index is 1.51. The zero-order chi connectivity index (χ0) is 24.2. The minimum Gasteiger partial charge on any atom is -0.503 e. The predicted molar refractivity (Wildman–Crippen MR) is 130 cm³/mol. The maximum atomic E-state index is 13.3. The Morgan fingerprint density at radius 3 is 2.31 bits per heavy atom. The third-order valence-corrected chi connectivity index (χ3v) is 5.93. The number of nitrogens with zero attached hydrogens (tertiary/aromatic N) is 1. The van der Waals surface area contributed by atoms with Gasteiger partial charge in [0, 0.05) is 6.54 Å². The van der Waals surface area contributed by atoms with Gasteiger partial charge in [-0.05, 0) is 53.9 Å². The Labute approximate surface area is 202 Å². The summed E-state index contributed by atoms with van der Waals surface area (Å²) in [7, 11) is 0. The number of ketones is 1. The van der Waals surface area contributed by atoms with Crippen LogP contribution in [0.3, 0.4) is 0 Å². The van der Waals surface area contributed by atoms with Gasteiger partial charge < -0.3 is 19.2 Å². The van der Waals surface area contributed by atoms with E-state index in [1.807, 2.05) is 66.7 Å². The lowest BCUT2D eigenvalue weighted by atomic mass is 9.94. The number of furan rings is 1. The van der Waals surface area contributed by atoms with Crippen molar-refractivity contribution in [2.75, 3.05) is 6.54 Å². The summed E-state index contributed by atoms with van der Waals surface area (Å²) in [5.41, 5.74) is 1.69. The molecule has 3 aromatic carbocycles. The van der Waals surface area contributed by atoms with Gasteiger partial charge in [-0.25, -0.2) is 0 Å². The number of rotatable bonds is 8. The van der Waals surface area contributed by atoms with Crippen molar-refractivity contribution in [2.45, 2.75) is 12.5 Å². The standard InChI is InChI=1S/C29H23NO5/c31-27(24-15-8-18-34-24)25-26(21-11-7-14-23(19-21)35-22-12-5-2-6-13-22)30(29(33)28(25)32)17-16-20-9-3-1-4-10-20/h1-15,18-19,26,32H,16-17H2. The van der Waals surface area contributed by atoms with Gasteiger partial charge in [-0.15, -0.1) is 0 Å². The third kappa shape index (κ3) is 4.59. The Bertz CT molecular complexity index is 1360. The van der Waals surface area contributed by atoms with Crippen LogP contribution in [0.2, 0.25) is 0 Å². The van der Waals surface area contributed by atoms with Gasteiger partial charge in [-0.1, -0.05) is 60.7 Å². The van der Waals surface area contributed by atoms with Gasteiger partial charge >= 0.3 is 0 Å². The largest absolute Gasteiger partial charge is 0.503 e. The molecule has 0 fully saturated rings. The highest BCUT2D eigenvalue weighted by molar-refractivity contribution is 6.15. The van der Waals surface area contributed by atoms with E-state index in [9.17, 15) is 14.7 Å². The monoisotopic (exact) mass is 465 g/mol. The summed E-state index contributed by atoms with van der Waals surface area (Å²) in [4.78, 5) is 28.0. The normalized spacial score (nSPS) is 15.5. The highest BCUT2D eigenvalue weighted by Crippen LogP contribution is 2.40. The lowest BCUT2D eigenvalue weighted by Gasteiger charge is -2.27. The Kier molecular flexibility index (Phi) is 6.18. The van der Waals surface area contributed by atoms with Gasteiger partial charge in [-0.3, -0.25) is 9.59 Å². The molecule has 0 bridgehead atoms. The van der Waals surface area contributed by atoms with E-state index in [4.69, 9.17) is 9.15 Å². The topological polar surface area (TPSA) is 80.0 Å². The Hall–Kier alpha value is -4.58. The molecule has 6 nitrogen and oxygen atoms in total. The maximum Gasteiger partial charge on any atom is 0.290 e. The average Bonchev–Trinajstić information content (AvgIpc) is 3.51. The predicted octanol–water partition coefficient (Wildman–Crippen LogP) is 5.89. The van der Waals surface area contributed by atoms with Gasteiger partial charge in [0.15, 0.2) is 11.5 Å². The molecular weight excluding hydrogens is 442 g/mol. The first kappa shape index (κ1) is 22.2. The Morgan fingerprint density at radius 1 is 0.886 bits per heavy atom. The number of para-hydroxylation sites is 1. The SMILES string of the molecule is O=C(C1=C(O)C(=O)N(CCc2ccccc2)C1c1cccc(Oc2ccccc2)c1)c1ccco1. The number of amides is 1. The second-order valence-electron chi connectivity index (χ2n) is 8.19. The van der Waals surface area contributed by atoms with Crippen molar-refractivity contribution >= 4 is 11.7 Å². The molecule has 0 spiro atoms. The number of aliphatic hydroxyl groups is 1. The summed E-state index contributed by atoms with van der Waals surface area (Å²) in [6.45, 7) is 0.316. The molecule has 1 aliphatic rings. The number of hydrogen-bond donors (Lipinski definition) is 1. The molecule has 174 valence electrons. The first-order valence-corrected chi connectivity index (χ1v) is 11.3. The van der Waals surface area contributed by atoms with Gasteiger partial charge in [0.25, 0.3) is 5.91 Å². The fourth-order valence-electron chi connectivity index (χ4n) is 4.27. The molecule has 6 heteroatoms. The smallest absolute Gasteiger partial charge is 0.290 e. The van der Waals surface area contributed by atoms with Crippen molar-refractivity contribution in [3.05, 3.63) is 132 Å². The van der Waals surface area contributed by atoms with Crippen LogP contribution in [0, 0.1) is 0 Å². The van der Waals surface area contributed by atoms with Crippen molar-refractivity contribution in [3.63, 3.8) is 0 Å². The van der Waals surface area contributed by atoms with E-state index in [0.29, 0.717) is 30.0 Å². The molecule has 1 aromatic heterocycles. The molecule has 2 heterocycles. The van der Waals surface area contributed by atoms with Crippen LogP contribution in [0.5, 0.6) is 11.5 Å². The van der Waals surface area contributed by atoms with Gasteiger partial charge in [0.05, 0.1) is 17.9 Å². The number of carbonyl (C=O) groups is 2. The lowest BCUT2D eigenvalue weighted by molar-refractivity contribution is -0.129. The minimum atomic E-state index is -0.789. The quantitative estimate of drug-likeness (QED) is 0.328. The second-order valence-corrected chi connectivity index (χ2v) is 8.19. The molecular formula is C29H23NO5. The highest BCUT2D eigenvalue weighted by Gasteiger charge is 2.44. The van der Waals surface area contributed by atoms with E-state index in [1.165, 1.54) is 17.2 Å². The summed E-state index contributed by atoms with van der Waals surface area (Å²) < 4.78 is 11.3. The van der Waals surface area contributed by atoms with E-state index >= 15 is 0 Å². The van der Waals surface area contributed by atoms with Crippen LogP contribution >= 0.6 is 0 Å². The molecule has 0 radical (unpaired) electrons. The fourth-order valence-corrected chi connectivity index (χ4v) is 4.27. The van der Waals surface area contributed by atoms with E-state index in [2.05, 4.69) is 0 Å². The first-order valence-electron chi connectivity index (χ1n) is 11.3. The molecule has 0 aliphatic carbocycles. The molecule has 5 rings (SSSR count). The maximum absolute atomic E-state index is 13.3. The molecule has 35 heavy (non-hydrogen) atoms. The van der Waals surface area contributed by atoms with Crippen molar-refractivity contribution in [2.24, 2.45) is 0 Å². The van der Waals surface area contributed by atoms with Crippen LogP contribution < -0.4 is 4.74 Å². The summed E-state index contributed by atoms with van der Waals surface area (Å²) in [5, 5.41) is 10.8. The van der Waals surface area contributed by atoms with Gasteiger partial charge in [-0.2, -0.15) is 0 Å². The number of hydrogen-bond acceptors (Lipinski definition) is 5. The minimum absolute atomic E-state index is 0.00475. The molecule has 0 saturated heterocycles. The van der Waals surface area contributed by atoms with Gasteiger partial charge in [0.1, 0.15) is 11.5 Å². The van der Waals surface area contributed by atoms with Gasteiger partial charge in [0.2, 0.25) is 5.78 Å². The van der Waals surface area contributed by atoms with Crippen molar-refractivity contribution in [1.82, 2.24) is 4.90 Å². The van der Waals surface area contributed by atoms with E-state index in [-0.39, 0.29) is 11.3 Å². The van der Waals surface area contributed by atoms with Crippen LogP contribution in [0.4, 0.5) is 0 Å². The van der Waals surface area contributed by atoms with Crippen molar-refractivity contribution < 1.29 is 23.8 Å². The molecule has 1 amide bonds. The Morgan fingerprint density at radius 2 is 1.60 bits per heavy atom. The van der Waals surface area contributed by atoms with Crippen LogP contribution in [0.1, 0.15) is 27.7 Å². The fraction of sp³-hybridized carbons (Fsp3) is 0.103. The lowest BCUT2D eigenvalue weighted by Crippen LogP contribution is -2.33. The van der Waals surface area contributed by atoms with Crippen LogP contribution in [0.15, 0.2) is 119 Å². The summed E-state index contributed by atoms with van der Waals surface area (Å²) in [6, 6.07) is 28.6. The summed E-state index contributed by atoms with van der Waals surface area (Å²) in [6.07, 6.45) is 1.96. The number of carbonyl (C=O) groups excluding carboxylic acids is 2. The summed E-state index contributed by atoms with van der Waals surface area (Å²) >= 11 is 0. The van der Waals surface area contributed by atoms with Crippen LogP contribution in [-0.2, 0) is 11.2 Å². The van der Waals surface area contributed by atoms with E-state index in [1.54, 1.807) is 24.3 Å². The van der Waals surface area contributed by atoms with Crippen molar-refractivity contribution in [1.29, 1.82) is 0 Å².